The van der Waals surface area contributed by atoms with Crippen LogP contribution in [0.4, 0.5) is 23.7 Å². The second kappa shape index (κ2) is 16.1. The number of alkyl halides is 3. The van der Waals surface area contributed by atoms with Gasteiger partial charge in [0.25, 0.3) is 0 Å². The van der Waals surface area contributed by atoms with Gasteiger partial charge >= 0.3 is 24.1 Å². The molecular formula is C36H50F3N5O7. The van der Waals surface area contributed by atoms with Crippen LogP contribution in [0.1, 0.15) is 80.6 Å². The summed E-state index contributed by atoms with van der Waals surface area (Å²) in [5, 5.41) is 21.1. The lowest BCUT2D eigenvalue weighted by atomic mass is 9.75. The first kappa shape index (κ1) is 39.8. The third kappa shape index (κ3) is 9.08. The van der Waals surface area contributed by atoms with E-state index in [9.17, 15) is 37.5 Å². The Kier molecular flexibility index (Phi) is 12.6. The second-order valence-corrected chi connectivity index (χ2v) is 14.6. The van der Waals surface area contributed by atoms with Crippen molar-refractivity contribution < 1.29 is 46.9 Å². The van der Waals surface area contributed by atoms with E-state index >= 15 is 0 Å². The number of fused-ring (bicyclic) bond motifs is 1. The number of unbranched alkanes of at least 4 members (excludes halogenated alkanes) is 1. The summed E-state index contributed by atoms with van der Waals surface area (Å²) < 4.78 is 51.7. The number of ketones is 1. The molecule has 2 aliphatic heterocycles. The van der Waals surface area contributed by atoms with Crippen LogP contribution in [0.2, 0.25) is 0 Å². The quantitative estimate of drug-likeness (QED) is 0.246. The van der Waals surface area contributed by atoms with Gasteiger partial charge in [0.2, 0.25) is 0 Å². The molecule has 0 spiro atoms. The number of anilines is 1. The summed E-state index contributed by atoms with van der Waals surface area (Å²) in [6.07, 6.45) is -3.20. The predicted octanol–water partition coefficient (Wildman–Crippen LogP) is 6.03. The molecule has 2 aliphatic rings. The number of hydrogen-bond donors (Lipinski definition) is 2. The topological polar surface area (TPSA) is 153 Å². The van der Waals surface area contributed by atoms with Crippen molar-refractivity contribution in [1.82, 2.24) is 19.9 Å². The van der Waals surface area contributed by atoms with E-state index in [1.807, 2.05) is 33.0 Å². The van der Waals surface area contributed by atoms with Crippen molar-refractivity contribution in [1.29, 1.82) is 0 Å². The Labute approximate surface area is 296 Å². The summed E-state index contributed by atoms with van der Waals surface area (Å²) >= 11 is 0. The largest absolute Gasteiger partial charge is 0.471 e. The molecule has 15 heteroatoms. The standard InChI is InChI=1S/C36H50F3N5O7/c1-8-28-35(7)31(23(5)29(45)21(3)16-20(2)17-22(4)30(46)24(6)32(47)50-28)44(34(49)51-35)15-10-9-14-43-19-27(41-42-43)25-12-11-13-26(18-25)40-33(48)36(37,38)39/h11-13,18-24,28,30-31,46H,8-10,14-17H2,1-7H3,(H,40,48)/t20-,21+,22+,23-,24+,28+,30-,31?,35+/m0/s1. The lowest BCUT2D eigenvalue weighted by molar-refractivity contribution is -0.174. The van der Waals surface area contributed by atoms with Crippen LogP contribution in [-0.2, 0) is 30.4 Å². The number of aliphatic hydroxyl groups is 1. The fraction of sp³-hybridized carbons (Fsp3) is 0.667. The molecule has 1 aromatic carbocycles. The van der Waals surface area contributed by atoms with Gasteiger partial charge in [-0.1, -0.05) is 52.0 Å². The third-order valence-corrected chi connectivity index (χ3v) is 10.4. The van der Waals surface area contributed by atoms with Crippen LogP contribution in [0.5, 0.6) is 0 Å². The molecule has 3 heterocycles. The fourth-order valence-electron chi connectivity index (χ4n) is 7.72. The van der Waals surface area contributed by atoms with Gasteiger partial charge in [0.05, 0.1) is 24.3 Å². The number of nitrogens with zero attached hydrogens (tertiary/aromatic N) is 4. The normalized spacial score (nSPS) is 31.0. The number of rotatable bonds is 8. The van der Waals surface area contributed by atoms with Crippen LogP contribution >= 0.6 is 0 Å². The number of Topliss-reactive ketones (excluding diaryl/α,β-unsaturated/α-hetero) is 1. The molecule has 0 radical (unpaired) electrons. The highest BCUT2D eigenvalue weighted by Crippen LogP contribution is 2.42. The van der Waals surface area contributed by atoms with Crippen LogP contribution in [0.3, 0.4) is 0 Å². The molecule has 2 N–H and O–H groups in total. The molecule has 1 aromatic heterocycles. The zero-order valence-corrected chi connectivity index (χ0v) is 30.3. The molecule has 2 aromatic rings. The Hall–Kier alpha value is -4.01. The number of aliphatic hydroxyl groups excluding tert-OH is 1. The fourth-order valence-corrected chi connectivity index (χ4v) is 7.72. The van der Waals surface area contributed by atoms with E-state index in [4.69, 9.17) is 9.47 Å². The van der Waals surface area contributed by atoms with E-state index in [-0.39, 0.29) is 35.8 Å². The molecule has 12 nitrogen and oxygen atoms in total. The van der Waals surface area contributed by atoms with Gasteiger partial charge in [-0.25, -0.2) is 4.79 Å². The Morgan fingerprint density at radius 2 is 1.75 bits per heavy atom. The molecule has 4 rings (SSSR count). The first-order valence-electron chi connectivity index (χ1n) is 17.7. The van der Waals surface area contributed by atoms with Crippen molar-refractivity contribution in [2.75, 3.05) is 11.9 Å². The molecule has 2 fully saturated rings. The molecule has 0 bridgehead atoms. The minimum Gasteiger partial charge on any atom is -0.458 e. The number of hydrogen-bond acceptors (Lipinski definition) is 9. The van der Waals surface area contributed by atoms with Crippen LogP contribution in [0.15, 0.2) is 30.5 Å². The molecule has 2 saturated heterocycles. The minimum atomic E-state index is -5.02. The maximum absolute atomic E-state index is 14.0. The van der Waals surface area contributed by atoms with Crippen molar-refractivity contribution >= 4 is 29.4 Å². The van der Waals surface area contributed by atoms with Crippen molar-refractivity contribution in [3.8, 4) is 11.3 Å². The molecule has 1 unspecified atom stereocenters. The summed E-state index contributed by atoms with van der Waals surface area (Å²) in [7, 11) is 0. The number of esters is 1. The van der Waals surface area contributed by atoms with Gasteiger partial charge in [0, 0.05) is 36.2 Å². The van der Waals surface area contributed by atoms with E-state index in [2.05, 4.69) is 10.3 Å². The van der Waals surface area contributed by atoms with E-state index in [1.165, 1.54) is 18.2 Å². The van der Waals surface area contributed by atoms with Crippen LogP contribution in [-0.4, -0.2) is 85.3 Å². The van der Waals surface area contributed by atoms with Crippen molar-refractivity contribution in [3.63, 3.8) is 0 Å². The van der Waals surface area contributed by atoms with Gasteiger partial charge < -0.3 is 24.8 Å². The van der Waals surface area contributed by atoms with Gasteiger partial charge in [-0.2, -0.15) is 13.2 Å². The number of amides is 2. The third-order valence-electron chi connectivity index (χ3n) is 10.4. The number of nitrogens with one attached hydrogen (secondary N) is 1. The Balaban J connectivity index is 1.49. The second-order valence-electron chi connectivity index (χ2n) is 14.6. The Bertz CT molecular complexity index is 1570. The molecule has 282 valence electrons. The monoisotopic (exact) mass is 721 g/mol. The predicted molar refractivity (Wildman–Crippen MR) is 181 cm³/mol. The summed E-state index contributed by atoms with van der Waals surface area (Å²) in [6, 6.07) is 5.11. The van der Waals surface area contributed by atoms with Crippen LogP contribution < -0.4 is 5.32 Å². The molecule has 0 saturated carbocycles. The summed E-state index contributed by atoms with van der Waals surface area (Å²) in [5.74, 6) is -4.50. The highest BCUT2D eigenvalue weighted by atomic mass is 19.4. The van der Waals surface area contributed by atoms with E-state index in [1.54, 1.807) is 42.6 Å². The molecule has 0 aliphatic carbocycles. The number of benzene rings is 1. The first-order valence-corrected chi connectivity index (χ1v) is 17.7. The summed E-state index contributed by atoms with van der Waals surface area (Å²) in [5.41, 5.74) is -0.521. The highest BCUT2D eigenvalue weighted by Gasteiger charge is 2.59. The number of carbonyl (C=O) groups excluding carboxylic acids is 4. The van der Waals surface area contributed by atoms with Crippen LogP contribution in [0, 0.1) is 29.6 Å². The Morgan fingerprint density at radius 1 is 1.06 bits per heavy atom. The van der Waals surface area contributed by atoms with E-state index < -0.39 is 59.8 Å². The van der Waals surface area contributed by atoms with E-state index in [0.717, 1.165) is 0 Å². The van der Waals surface area contributed by atoms with Gasteiger partial charge in [0.15, 0.2) is 5.60 Å². The van der Waals surface area contributed by atoms with Gasteiger partial charge in [-0.15, -0.1) is 5.10 Å². The number of cyclic esters (lactones) is 1. The van der Waals surface area contributed by atoms with Crippen LogP contribution in [0.25, 0.3) is 11.3 Å². The zero-order valence-electron chi connectivity index (χ0n) is 30.3. The number of halogens is 3. The summed E-state index contributed by atoms with van der Waals surface area (Å²) in [6.45, 7) is 13.4. The number of aromatic nitrogens is 3. The first-order chi connectivity index (χ1) is 23.9. The average molecular weight is 722 g/mol. The number of aryl methyl sites for hydroxylation is 1. The summed E-state index contributed by atoms with van der Waals surface area (Å²) in [4.78, 5) is 53.8. The molecular weight excluding hydrogens is 671 g/mol. The smallest absolute Gasteiger partial charge is 0.458 e. The van der Waals surface area contributed by atoms with Gasteiger partial charge in [-0.05, 0) is 69.9 Å². The van der Waals surface area contributed by atoms with Crippen molar-refractivity contribution in [2.24, 2.45) is 29.6 Å². The van der Waals surface area contributed by atoms with Crippen molar-refractivity contribution in [3.05, 3.63) is 30.5 Å². The number of ether oxygens (including phenoxy) is 2. The molecule has 2 amide bonds. The van der Waals surface area contributed by atoms with Gasteiger partial charge in [-0.3, -0.25) is 19.1 Å². The lowest BCUT2D eigenvalue weighted by Crippen LogP contribution is -2.57. The average Bonchev–Trinajstić information content (AvgIpc) is 3.64. The lowest BCUT2D eigenvalue weighted by Gasteiger charge is -2.41. The van der Waals surface area contributed by atoms with Crippen molar-refractivity contribution in [2.45, 2.75) is 117 Å². The highest BCUT2D eigenvalue weighted by molar-refractivity contribution is 5.95. The maximum Gasteiger partial charge on any atom is 0.471 e. The zero-order chi connectivity index (χ0) is 37.8. The maximum atomic E-state index is 14.0. The molecule has 51 heavy (non-hydrogen) atoms. The molecule has 9 atom stereocenters. The SMILES string of the molecule is CC[C@H]1OC(=O)[C@H](C)[C@@H](O)[C@H](C)C[C@@H](C)C[C@@H](C)C(=O)[C@H](C)C2N(CCCCn3cc(-c4cccc(NC(=O)C(F)(F)F)c4)nn3)C(=O)O[C@@]21C. The number of carbonyl (C=O) groups is 4. The van der Waals surface area contributed by atoms with Gasteiger partial charge in [0.1, 0.15) is 17.6 Å². The Morgan fingerprint density at radius 3 is 2.41 bits per heavy atom. The minimum absolute atomic E-state index is 0.0154. The van der Waals surface area contributed by atoms with E-state index in [0.29, 0.717) is 49.9 Å².